The molecule has 2 saturated heterocycles. The number of aliphatic hydroxyl groups is 1. The van der Waals surface area contributed by atoms with Crippen LogP contribution in [0.25, 0.3) is 0 Å². The molecule has 0 radical (unpaired) electrons. The van der Waals surface area contributed by atoms with Crippen molar-refractivity contribution in [2.24, 2.45) is 11.5 Å². The van der Waals surface area contributed by atoms with Gasteiger partial charge in [-0.2, -0.15) is 0 Å². The fourth-order valence-corrected chi connectivity index (χ4v) is 4.26. The second kappa shape index (κ2) is 11.4. The predicted molar refractivity (Wildman–Crippen MR) is 112 cm³/mol. The lowest BCUT2D eigenvalue weighted by Gasteiger charge is -2.32. The quantitative estimate of drug-likeness (QED) is 0.251. The lowest BCUT2D eigenvalue weighted by Crippen LogP contribution is -2.57. The zero-order chi connectivity index (χ0) is 23.1. The van der Waals surface area contributed by atoms with Crippen molar-refractivity contribution >= 4 is 23.7 Å². The molecule has 2 fully saturated rings. The Labute approximate surface area is 182 Å². The summed E-state index contributed by atoms with van der Waals surface area (Å²) in [7, 11) is 0. The van der Waals surface area contributed by atoms with E-state index in [1.165, 1.54) is 16.7 Å². The highest BCUT2D eigenvalue weighted by Gasteiger charge is 2.43. The third kappa shape index (κ3) is 6.14. The van der Waals surface area contributed by atoms with Gasteiger partial charge in [-0.05, 0) is 52.0 Å². The van der Waals surface area contributed by atoms with E-state index in [0.717, 1.165) is 12.8 Å². The average Bonchev–Trinajstić information content (AvgIpc) is 3.40. The smallest absolute Gasteiger partial charge is 0.328 e. The number of aliphatic hydroxyl groups excluding tert-OH is 1. The van der Waals surface area contributed by atoms with Gasteiger partial charge in [0.25, 0.3) is 0 Å². The number of likely N-dealkylation sites (tertiary alicyclic amines) is 2. The third-order valence-electron chi connectivity index (χ3n) is 5.99. The van der Waals surface area contributed by atoms with Gasteiger partial charge in [-0.25, -0.2) is 4.79 Å². The van der Waals surface area contributed by atoms with Crippen LogP contribution in [0.3, 0.4) is 0 Å². The van der Waals surface area contributed by atoms with Gasteiger partial charge in [-0.15, -0.1) is 0 Å². The zero-order valence-electron chi connectivity index (χ0n) is 18.0. The Kier molecular flexibility index (Phi) is 9.20. The van der Waals surface area contributed by atoms with Crippen molar-refractivity contribution in [3.8, 4) is 0 Å². The molecule has 0 aliphatic carbocycles. The molecule has 5 unspecified atom stereocenters. The Morgan fingerprint density at radius 3 is 2.26 bits per heavy atom. The molecule has 31 heavy (non-hydrogen) atoms. The van der Waals surface area contributed by atoms with Crippen LogP contribution in [0.1, 0.15) is 51.9 Å². The standard InChI is InChI=1S/C20H35N5O6/c1-12(26)16(20(30)31)23-17(27)14-7-4-10-24(14)19(29)15-8-5-11-25(15)18(28)13(22)6-2-3-9-21/h12-16,26H,2-11,21-22H2,1H3,(H,23,27)(H,30,31). The summed E-state index contributed by atoms with van der Waals surface area (Å²) in [4.78, 5) is 52.9. The highest BCUT2D eigenvalue weighted by atomic mass is 16.4. The number of carbonyl (C=O) groups excluding carboxylic acids is 3. The molecular weight excluding hydrogens is 406 g/mol. The first-order chi connectivity index (χ1) is 14.7. The van der Waals surface area contributed by atoms with Crippen LogP contribution in [0, 0.1) is 0 Å². The summed E-state index contributed by atoms with van der Waals surface area (Å²) in [6.07, 6.45) is 2.88. The minimum Gasteiger partial charge on any atom is -0.480 e. The summed E-state index contributed by atoms with van der Waals surface area (Å²) < 4.78 is 0. The third-order valence-corrected chi connectivity index (χ3v) is 5.99. The number of unbranched alkanes of at least 4 members (excludes halogenated alkanes) is 1. The van der Waals surface area contributed by atoms with Gasteiger partial charge in [0.15, 0.2) is 6.04 Å². The normalized spacial score (nSPS) is 24.0. The SMILES string of the molecule is CC(O)C(NC(=O)C1CCCN1C(=O)C1CCCN1C(=O)C(N)CCCCN)C(=O)O. The summed E-state index contributed by atoms with van der Waals surface area (Å²) in [5.41, 5.74) is 11.5. The van der Waals surface area contributed by atoms with Crippen LogP contribution in [0.2, 0.25) is 0 Å². The Morgan fingerprint density at radius 2 is 1.68 bits per heavy atom. The molecule has 176 valence electrons. The van der Waals surface area contributed by atoms with Crippen molar-refractivity contribution in [2.75, 3.05) is 19.6 Å². The van der Waals surface area contributed by atoms with E-state index < -0.39 is 42.1 Å². The minimum absolute atomic E-state index is 0.270. The van der Waals surface area contributed by atoms with Gasteiger partial charge in [0.2, 0.25) is 17.7 Å². The molecule has 2 heterocycles. The molecule has 2 aliphatic heterocycles. The summed E-state index contributed by atoms with van der Waals surface area (Å²) in [5.74, 6) is -2.56. The first-order valence-electron chi connectivity index (χ1n) is 11.0. The van der Waals surface area contributed by atoms with E-state index >= 15 is 0 Å². The highest BCUT2D eigenvalue weighted by Crippen LogP contribution is 2.26. The number of carboxylic acid groups (broad SMARTS) is 1. The molecular formula is C20H35N5O6. The molecule has 3 amide bonds. The van der Waals surface area contributed by atoms with Crippen LogP contribution in [0.15, 0.2) is 0 Å². The predicted octanol–water partition coefficient (Wildman–Crippen LogP) is -1.63. The molecule has 0 aromatic carbocycles. The van der Waals surface area contributed by atoms with Crippen LogP contribution < -0.4 is 16.8 Å². The maximum atomic E-state index is 13.2. The van der Waals surface area contributed by atoms with Crippen molar-refractivity contribution in [1.29, 1.82) is 0 Å². The number of carbonyl (C=O) groups is 4. The van der Waals surface area contributed by atoms with E-state index in [4.69, 9.17) is 11.5 Å². The largest absolute Gasteiger partial charge is 0.480 e. The minimum atomic E-state index is -1.46. The first-order valence-corrected chi connectivity index (χ1v) is 11.0. The number of nitrogens with one attached hydrogen (secondary N) is 1. The summed E-state index contributed by atoms with van der Waals surface area (Å²) in [6, 6.07) is -3.65. The summed E-state index contributed by atoms with van der Waals surface area (Å²) >= 11 is 0. The maximum Gasteiger partial charge on any atom is 0.328 e. The van der Waals surface area contributed by atoms with E-state index in [1.807, 2.05) is 0 Å². The molecule has 0 bridgehead atoms. The van der Waals surface area contributed by atoms with Crippen molar-refractivity contribution in [3.63, 3.8) is 0 Å². The van der Waals surface area contributed by atoms with Crippen LogP contribution in [0.5, 0.6) is 0 Å². The number of nitrogens with two attached hydrogens (primary N) is 2. The maximum absolute atomic E-state index is 13.2. The second-order valence-corrected chi connectivity index (χ2v) is 8.34. The van der Waals surface area contributed by atoms with E-state index in [9.17, 15) is 29.4 Å². The van der Waals surface area contributed by atoms with E-state index in [-0.39, 0.29) is 11.8 Å². The number of carboxylic acids is 1. The van der Waals surface area contributed by atoms with E-state index in [2.05, 4.69) is 5.32 Å². The molecule has 0 spiro atoms. The Hall–Kier alpha value is -2.24. The van der Waals surface area contributed by atoms with Crippen molar-refractivity contribution < 1.29 is 29.4 Å². The van der Waals surface area contributed by atoms with Gasteiger partial charge in [0, 0.05) is 13.1 Å². The van der Waals surface area contributed by atoms with E-state index in [0.29, 0.717) is 51.7 Å². The highest BCUT2D eigenvalue weighted by molar-refractivity contribution is 5.94. The summed E-state index contributed by atoms with van der Waals surface area (Å²) in [6.45, 7) is 2.59. The molecule has 11 heteroatoms. The van der Waals surface area contributed by atoms with Crippen molar-refractivity contribution in [2.45, 2.75) is 82.1 Å². The number of aliphatic carboxylic acids is 1. The van der Waals surface area contributed by atoms with Crippen molar-refractivity contribution in [1.82, 2.24) is 15.1 Å². The Balaban J connectivity index is 2.05. The van der Waals surface area contributed by atoms with Gasteiger partial charge in [0.1, 0.15) is 12.1 Å². The van der Waals surface area contributed by atoms with Crippen LogP contribution in [-0.4, -0.2) is 93.6 Å². The number of hydrogen-bond donors (Lipinski definition) is 5. The lowest BCUT2D eigenvalue weighted by atomic mass is 10.1. The molecule has 11 nitrogen and oxygen atoms in total. The van der Waals surface area contributed by atoms with Gasteiger partial charge in [-0.1, -0.05) is 6.42 Å². The molecule has 5 atom stereocenters. The molecule has 0 aromatic heterocycles. The van der Waals surface area contributed by atoms with E-state index in [1.54, 1.807) is 0 Å². The number of rotatable bonds is 10. The van der Waals surface area contributed by atoms with Crippen LogP contribution >= 0.6 is 0 Å². The first kappa shape index (κ1) is 25.0. The number of amides is 3. The molecule has 0 aromatic rings. The Morgan fingerprint density at radius 1 is 1.06 bits per heavy atom. The summed E-state index contributed by atoms with van der Waals surface area (Å²) in [5, 5.41) is 21.1. The average molecular weight is 442 g/mol. The fraction of sp³-hybridized carbons (Fsp3) is 0.800. The molecule has 7 N–H and O–H groups in total. The second-order valence-electron chi connectivity index (χ2n) is 8.34. The zero-order valence-corrected chi connectivity index (χ0v) is 18.0. The Bertz CT molecular complexity index is 672. The number of nitrogens with zero attached hydrogens (tertiary/aromatic N) is 2. The van der Waals surface area contributed by atoms with Gasteiger partial charge in [-0.3, -0.25) is 14.4 Å². The topological polar surface area (TPSA) is 179 Å². The molecule has 0 saturated carbocycles. The van der Waals surface area contributed by atoms with Gasteiger partial charge >= 0.3 is 5.97 Å². The number of hydrogen-bond acceptors (Lipinski definition) is 7. The van der Waals surface area contributed by atoms with Gasteiger partial charge < -0.3 is 36.8 Å². The molecule has 2 aliphatic rings. The van der Waals surface area contributed by atoms with Crippen LogP contribution in [-0.2, 0) is 19.2 Å². The molecule has 2 rings (SSSR count). The van der Waals surface area contributed by atoms with Crippen LogP contribution in [0.4, 0.5) is 0 Å². The fourth-order valence-electron chi connectivity index (χ4n) is 4.26. The lowest BCUT2D eigenvalue weighted by molar-refractivity contribution is -0.149. The van der Waals surface area contributed by atoms with Crippen molar-refractivity contribution in [3.05, 3.63) is 0 Å². The van der Waals surface area contributed by atoms with Gasteiger partial charge in [0.05, 0.1) is 12.1 Å². The monoisotopic (exact) mass is 441 g/mol.